The summed E-state index contributed by atoms with van der Waals surface area (Å²) in [5.41, 5.74) is 0.0786. The Labute approximate surface area is 194 Å². The summed E-state index contributed by atoms with van der Waals surface area (Å²) in [4.78, 5) is 38.6. The first kappa shape index (κ1) is 25.9. The summed E-state index contributed by atoms with van der Waals surface area (Å²) in [6, 6.07) is 7.73. The molecule has 9 heteroatoms. The Hall–Kier alpha value is -3.33. The van der Waals surface area contributed by atoms with Crippen molar-refractivity contribution in [3.63, 3.8) is 0 Å². The van der Waals surface area contributed by atoms with Crippen molar-refractivity contribution in [3.8, 4) is 0 Å². The van der Waals surface area contributed by atoms with Crippen molar-refractivity contribution in [2.24, 2.45) is 0 Å². The molecule has 1 aliphatic rings. The van der Waals surface area contributed by atoms with Gasteiger partial charge in [-0.15, -0.1) is 6.58 Å². The molecule has 0 aliphatic carbocycles. The van der Waals surface area contributed by atoms with Gasteiger partial charge in [-0.1, -0.05) is 48.6 Å². The van der Waals surface area contributed by atoms with Crippen LogP contribution >= 0.6 is 0 Å². The van der Waals surface area contributed by atoms with E-state index in [-0.39, 0.29) is 26.2 Å². The Bertz CT molecular complexity index is 850. The van der Waals surface area contributed by atoms with E-state index in [1.807, 2.05) is 30.3 Å². The largest absolute Gasteiger partial charge is 0.444 e. The van der Waals surface area contributed by atoms with Crippen molar-refractivity contribution in [2.45, 2.75) is 57.9 Å². The fourth-order valence-electron chi connectivity index (χ4n) is 3.31. The normalized spacial score (nSPS) is 17.0. The molecule has 33 heavy (non-hydrogen) atoms. The Morgan fingerprint density at radius 3 is 2.58 bits per heavy atom. The van der Waals surface area contributed by atoms with Crippen LogP contribution in [0.2, 0.25) is 0 Å². The average Bonchev–Trinajstić information content (AvgIpc) is 3.18. The molecular formula is C24H33N3O6. The van der Waals surface area contributed by atoms with Gasteiger partial charge in [-0.3, -0.25) is 4.79 Å². The molecule has 1 heterocycles. The highest BCUT2D eigenvalue weighted by Gasteiger charge is 2.41. The molecule has 2 rings (SSSR count). The van der Waals surface area contributed by atoms with Gasteiger partial charge in [0.2, 0.25) is 0 Å². The van der Waals surface area contributed by atoms with Crippen LogP contribution in [0.5, 0.6) is 0 Å². The summed E-state index contributed by atoms with van der Waals surface area (Å²) in [5, 5.41) is 14.2. The number of carbonyl (C=O) groups excluding carboxylic acids is 3. The van der Waals surface area contributed by atoms with E-state index < -0.39 is 35.8 Å². The minimum atomic E-state index is -0.995. The van der Waals surface area contributed by atoms with E-state index in [1.54, 1.807) is 26.8 Å². The van der Waals surface area contributed by atoms with Gasteiger partial charge in [0.25, 0.3) is 5.91 Å². The molecular weight excluding hydrogens is 426 g/mol. The molecule has 1 aliphatic heterocycles. The summed E-state index contributed by atoms with van der Waals surface area (Å²) in [7, 11) is 0. The summed E-state index contributed by atoms with van der Waals surface area (Å²) in [6.45, 7) is 8.92. The van der Waals surface area contributed by atoms with Crippen LogP contribution in [0.4, 0.5) is 9.59 Å². The molecule has 3 amide bonds. The first-order valence-corrected chi connectivity index (χ1v) is 10.9. The van der Waals surface area contributed by atoms with Crippen molar-refractivity contribution in [1.82, 2.24) is 15.3 Å². The predicted octanol–water partition coefficient (Wildman–Crippen LogP) is 3.16. The van der Waals surface area contributed by atoms with Gasteiger partial charge in [-0.2, -0.15) is 0 Å². The van der Waals surface area contributed by atoms with Gasteiger partial charge < -0.3 is 19.9 Å². The first-order valence-electron chi connectivity index (χ1n) is 10.9. The third kappa shape index (κ3) is 7.94. The number of amides is 3. The molecule has 0 saturated carbocycles. The van der Waals surface area contributed by atoms with E-state index in [9.17, 15) is 19.5 Å². The molecule has 0 aromatic heterocycles. The quantitative estimate of drug-likeness (QED) is 0.578. The van der Waals surface area contributed by atoms with Crippen LogP contribution in [0, 0.1) is 0 Å². The maximum absolute atomic E-state index is 13.5. The van der Waals surface area contributed by atoms with E-state index in [2.05, 4.69) is 11.9 Å². The molecule has 0 bridgehead atoms. The van der Waals surface area contributed by atoms with E-state index in [1.165, 1.54) is 22.2 Å². The fraction of sp³-hybridized carbons (Fsp3) is 0.458. The highest BCUT2D eigenvalue weighted by molar-refractivity contribution is 5.88. The minimum Gasteiger partial charge on any atom is -0.444 e. The van der Waals surface area contributed by atoms with Crippen LogP contribution in [0.25, 0.3) is 0 Å². The topological polar surface area (TPSA) is 108 Å². The summed E-state index contributed by atoms with van der Waals surface area (Å²) >= 11 is 0. The second kappa shape index (κ2) is 12.1. The van der Waals surface area contributed by atoms with Crippen molar-refractivity contribution < 1.29 is 29.0 Å². The summed E-state index contributed by atoms with van der Waals surface area (Å²) < 4.78 is 10.7. The van der Waals surface area contributed by atoms with Gasteiger partial charge in [-0.05, 0) is 39.2 Å². The maximum Gasteiger partial charge on any atom is 0.429 e. The van der Waals surface area contributed by atoms with Gasteiger partial charge in [0.05, 0.1) is 12.6 Å². The Kier molecular flexibility index (Phi) is 9.47. The van der Waals surface area contributed by atoms with Crippen LogP contribution in [-0.2, 0) is 20.9 Å². The highest BCUT2D eigenvalue weighted by atomic mass is 16.6. The fourth-order valence-corrected chi connectivity index (χ4v) is 3.31. The predicted molar refractivity (Wildman–Crippen MR) is 123 cm³/mol. The summed E-state index contributed by atoms with van der Waals surface area (Å²) in [5.74, 6) is -0.512. The van der Waals surface area contributed by atoms with Crippen LogP contribution in [0.3, 0.4) is 0 Å². The number of hydrogen-bond donors (Lipinski definition) is 2. The average molecular weight is 460 g/mol. The maximum atomic E-state index is 13.5. The third-order valence-corrected chi connectivity index (χ3v) is 4.71. The van der Waals surface area contributed by atoms with Crippen LogP contribution in [-0.4, -0.2) is 64.1 Å². The SMILES string of the molecule is C=CC[C@H](NC(=O)OC(C)(C)C)C(=O)N1[C@H](C=CCO)CCN1C(=O)OCc1ccccc1. The molecule has 0 unspecified atom stereocenters. The number of alkyl carbamates (subject to hydrolysis) is 1. The van der Waals surface area contributed by atoms with Gasteiger partial charge in [0.15, 0.2) is 0 Å². The molecule has 0 spiro atoms. The molecule has 180 valence electrons. The Morgan fingerprint density at radius 1 is 1.27 bits per heavy atom. The summed E-state index contributed by atoms with van der Waals surface area (Å²) in [6.07, 6.45) is 3.83. The molecule has 2 atom stereocenters. The number of benzene rings is 1. The lowest BCUT2D eigenvalue weighted by molar-refractivity contribution is -0.146. The van der Waals surface area contributed by atoms with E-state index >= 15 is 0 Å². The van der Waals surface area contributed by atoms with Crippen molar-refractivity contribution in [1.29, 1.82) is 0 Å². The zero-order chi connectivity index (χ0) is 24.4. The second-order valence-electron chi connectivity index (χ2n) is 8.54. The zero-order valence-corrected chi connectivity index (χ0v) is 19.4. The molecule has 9 nitrogen and oxygen atoms in total. The van der Waals surface area contributed by atoms with E-state index in [4.69, 9.17) is 9.47 Å². The number of nitrogens with zero attached hydrogens (tertiary/aromatic N) is 2. The number of ether oxygens (including phenoxy) is 2. The lowest BCUT2D eigenvalue weighted by atomic mass is 10.1. The smallest absolute Gasteiger partial charge is 0.429 e. The number of aliphatic hydroxyl groups is 1. The zero-order valence-electron chi connectivity index (χ0n) is 19.4. The first-order chi connectivity index (χ1) is 15.7. The second-order valence-corrected chi connectivity index (χ2v) is 8.54. The van der Waals surface area contributed by atoms with E-state index in [0.29, 0.717) is 6.42 Å². The number of rotatable bonds is 8. The molecule has 2 N–H and O–H groups in total. The van der Waals surface area contributed by atoms with E-state index in [0.717, 1.165) is 5.56 Å². The van der Waals surface area contributed by atoms with Gasteiger partial charge in [0, 0.05) is 6.54 Å². The Balaban J connectivity index is 2.20. The van der Waals surface area contributed by atoms with Crippen LogP contribution in [0.1, 0.15) is 39.2 Å². The van der Waals surface area contributed by atoms with Crippen molar-refractivity contribution in [3.05, 3.63) is 60.7 Å². The Morgan fingerprint density at radius 2 is 1.97 bits per heavy atom. The van der Waals surface area contributed by atoms with Crippen LogP contribution in [0.15, 0.2) is 55.1 Å². The van der Waals surface area contributed by atoms with Gasteiger partial charge in [-0.25, -0.2) is 19.6 Å². The number of carbonyl (C=O) groups is 3. The standard InChI is InChI=1S/C24H33N3O6/c1-5-10-20(25-22(30)33-24(2,3)4)21(29)27-19(13-9-16-28)14-15-26(27)23(31)32-17-18-11-7-6-8-12-18/h5-9,11-13,19-20,28H,1,10,14-17H2,2-4H3,(H,25,30)/t19-,20+/m1/s1. The third-order valence-electron chi connectivity index (χ3n) is 4.71. The monoisotopic (exact) mass is 459 g/mol. The molecule has 1 aromatic rings. The lowest BCUT2D eigenvalue weighted by Crippen LogP contribution is -2.56. The molecule has 0 radical (unpaired) electrons. The number of hydrazine groups is 1. The molecule has 1 aromatic carbocycles. The van der Waals surface area contributed by atoms with Crippen LogP contribution < -0.4 is 5.32 Å². The molecule has 1 fully saturated rings. The van der Waals surface area contributed by atoms with Crippen molar-refractivity contribution in [2.75, 3.05) is 13.2 Å². The number of hydrogen-bond acceptors (Lipinski definition) is 6. The van der Waals surface area contributed by atoms with Gasteiger partial charge >= 0.3 is 12.2 Å². The minimum absolute atomic E-state index is 0.0571. The number of nitrogens with one attached hydrogen (secondary N) is 1. The molecule has 1 saturated heterocycles. The van der Waals surface area contributed by atoms with Crippen molar-refractivity contribution >= 4 is 18.1 Å². The van der Waals surface area contributed by atoms with Gasteiger partial charge in [0.1, 0.15) is 18.2 Å². The highest BCUT2D eigenvalue weighted by Crippen LogP contribution is 2.23. The lowest BCUT2D eigenvalue weighted by Gasteiger charge is -2.33. The number of aliphatic hydroxyl groups excluding tert-OH is 1.